The Morgan fingerprint density at radius 3 is 2.64 bits per heavy atom. The SMILES string of the molecule is NCc1cccc(C2CCN(C(=O)c3ccc4oc(B(O)O)cc4c3)CC2)c1. The number of fused-ring (bicyclic) bond motifs is 1. The third-order valence-electron chi connectivity index (χ3n) is 5.48. The zero-order valence-electron chi connectivity index (χ0n) is 15.5. The van der Waals surface area contributed by atoms with Crippen LogP contribution in [0.25, 0.3) is 11.0 Å². The van der Waals surface area contributed by atoms with Crippen LogP contribution in [0, 0.1) is 0 Å². The van der Waals surface area contributed by atoms with Gasteiger partial charge in [-0.1, -0.05) is 24.3 Å². The Hall–Kier alpha value is -2.61. The molecular formula is C21H23BN2O4. The zero-order valence-corrected chi connectivity index (χ0v) is 15.5. The van der Waals surface area contributed by atoms with Crippen LogP contribution in [0.15, 0.2) is 52.9 Å². The molecule has 0 unspecified atom stereocenters. The van der Waals surface area contributed by atoms with Gasteiger partial charge in [0.05, 0.1) is 0 Å². The Balaban J connectivity index is 1.45. The molecule has 1 aliphatic rings. The molecule has 1 fully saturated rings. The Bertz CT molecular complexity index is 993. The average molecular weight is 378 g/mol. The summed E-state index contributed by atoms with van der Waals surface area (Å²) < 4.78 is 5.36. The summed E-state index contributed by atoms with van der Waals surface area (Å²) >= 11 is 0. The van der Waals surface area contributed by atoms with Crippen LogP contribution >= 0.6 is 0 Å². The van der Waals surface area contributed by atoms with Gasteiger partial charge < -0.3 is 25.1 Å². The number of likely N-dealkylation sites (tertiary alicyclic amines) is 1. The summed E-state index contributed by atoms with van der Waals surface area (Å²) in [5.41, 5.74) is 9.35. The van der Waals surface area contributed by atoms with Crippen LogP contribution in [-0.4, -0.2) is 41.1 Å². The number of nitrogens with two attached hydrogens (primary N) is 1. The van der Waals surface area contributed by atoms with Crippen molar-refractivity contribution in [1.82, 2.24) is 4.90 Å². The van der Waals surface area contributed by atoms with Crippen LogP contribution in [-0.2, 0) is 6.54 Å². The van der Waals surface area contributed by atoms with Gasteiger partial charge in [0.1, 0.15) is 11.2 Å². The lowest BCUT2D eigenvalue weighted by Gasteiger charge is -2.32. The lowest BCUT2D eigenvalue weighted by molar-refractivity contribution is 0.0713. The van der Waals surface area contributed by atoms with Gasteiger partial charge in [-0.15, -0.1) is 0 Å². The molecule has 0 aliphatic carbocycles. The molecule has 28 heavy (non-hydrogen) atoms. The van der Waals surface area contributed by atoms with Crippen LogP contribution in [0.5, 0.6) is 0 Å². The molecule has 0 saturated carbocycles. The second-order valence-electron chi connectivity index (χ2n) is 7.29. The van der Waals surface area contributed by atoms with E-state index >= 15 is 0 Å². The molecule has 1 aliphatic heterocycles. The number of nitrogens with zero attached hydrogens (tertiary/aromatic N) is 1. The largest absolute Gasteiger partial charge is 0.526 e. The third-order valence-corrected chi connectivity index (χ3v) is 5.48. The first-order valence-electron chi connectivity index (χ1n) is 9.53. The second-order valence-corrected chi connectivity index (χ2v) is 7.29. The first-order chi connectivity index (χ1) is 13.5. The van der Waals surface area contributed by atoms with Crippen LogP contribution in [0.2, 0.25) is 0 Å². The molecule has 3 aromatic rings. The van der Waals surface area contributed by atoms with E-state index in [9.17, 15) is 14.8 Å². The maximum absolute atomic E-state index is 12.9. The molecule has 144 valence electrons. The predicted octanol–water partition coefficient (Wildman–Crippen LogP) is 1.59. The molecule has 2 heterocycles. The lowest BCUT2D eigenvalue weighted by atomic mass is 9.87. The van der Waals surface area contributed by atoms with Crippen molar-refractivity contribution in [2.24, 2.45) is 5.73 Å². The highest BCUT2D eigenvalue weighted by molar-refractivity contribution is 6.57. The first-order valence-corrected chi connectivity index (χ1v) is 9.53. The molecule has 4 N–H and O–H groups in total. The van der Waals surface area contributed by atoms with Gasteiger partial charge in [0.2, 0.25) is 0 Å². The molecule has 0 spiro atoms. The molecule has 1 amide bonds. The number of benzene rings is 2. The Morgan fingerprint density at radius 2 is 1.93 bits per heavy atom. The number of carbonyl (C=O) groups excluding carboxylic acids is 1. The van der Waals surface area contributed by atoms with Gasteiger partial charge in [0, 0.05) is 30.6 Å². The van der Waals surface area contributed by atoms with Gasteiger partial charge in [-0.2, -0.15) is 0 Å². The highest BCUT2D eigenvalue weighted by Crippen LogP contribution is 2.29. The smallest absolute Gasteiger partial charge is 0.465 e. The first kappa shape index (κ1) is 18.7. The van der Waals surface area contributed by atoms with E-state index in [1.807, 2.05) is 17.0 Å². The minimum atomic E-state index is -1.66. The van der Waals surface area contributed by atoms with Gasteiger partial charge in [0.25, 0.3) is 5.91 Å². The summed E-state index contributed by atoms with van der Waals surface area (Å²) in [4.78, 5) is 14.8. The number of hydrogen-bond acceptors (Lipinski definition) is 5. The van der Waals surface area contributed by atoms with Crippen molar-refractivity contribution in [1.29, 1.82) is 0 Å². The van der Waals surface area contributed by atoms with Crippen molar-refractivity contribution < 1.29 is 19.3 Å². The molecule has 0 atom stereocenters. The summed E-state index contributed by atoms with van der Waals surface area (Å²) in [6, 6.07) is 15.1. The summed E-state index contributed by atoms with van der Waals surface area (Å²) in [7, 11) is -1.66. The highest BCUT2D eigenvalue weighted by Gasteiger charge is 2.25. The van der Waals surface area contributed by atoms with E-state index in [-0.39, 0.29) is 11.6 Å². The summed E-state index contributed by atoms with van der Waals surface area (Å²) in [5, 5.41) is 19.2. The van der Waals surface area contributed by atoms with Gasteiger partial charge in [-0.05, 0) is 54.2 Å². The normalized spacial score (nSPS) is 15.2. The molecule has 6 nitrogen and oxygen atoms in total. The Morgan fingerprint density at radius 1 is 1.14 bits per heavy atom. The fourth-order valence-corrected chi connectivity index (χ4v) is 3.90. The molecule has 7 heteroatoms. The van der Waals surface area contributed by atoms with Crippen LogP contribution in [0.3, 0.4) is 0 Å². The van der Waals surface area contributed by atoms with Crippen LogP contribution in [0.4, 0.5) is 0 Å². The van der Waals surface area contributed by atoms with Crippen molar-refractivity contribution >= 4 is 29.7 Å². The standard InChI is InChI=1S/C21H23BN2O4/c23-13-14-2-1-3-16(10-14)15-6-8-24(9-7-15)21(25)17-4-5-19-18(11-17)12-20(28-19)22(26)27/h1-5,10-12,15,26-27H,6-9,13,23H2. The number of carbonyl (C=O) groups is 1. The average Bonchev–Trinajstić information content (AvgIpc) is 3.17. The summed E-state index contributed by atoms with van der Waals surface area (Å²) in [5.74, 6) is 0.434. The zero-order chi connectivity index (χ0) is 19.7. The lowest BCUT2D eigenvalue weighted by Crippen LogP contribution is -2.37. The van der Waals surface area contributed by atoms with Crippen LogP contribution in [0.1, 0.15) is 40.2 Å². The molecule has 1 saturated heterocycles. The molecule has 2 aromatic carbocycles. The maximum Gasteiger partial charge on any atom is 0.526 e. The van der Waals surface area contributed by atoms with E-state index in [1.54, 1.807) is 24.3 Å². The van der Waals surface area contributed by atoms with E-state index in [0.717, 1.165) is 18.4 Å². The Kier molecular flexibility index (Phi) is 5.22. The van der Waals surface area contributed by atoms with Gasteiger partial charge in [0.15, 0.2) is 0 Å². The minimum absolute atomic E-state index is 0.0108. The highest BCUT2D eigenvalue weighted by atomic mass is 16.4. The van der Waals surface area contributed by atoms with Gasteiger partial charge in [-0.3, -0.25) is 4.79 Å². The van der Waals surface area contributed by atoms with E-state index in [1.165, 1.54) is 5.56 Å². The van der Waals surface area contributed by atoms with Gasteiger partial charge >= 0.3 is 7.12 Å². The number of piperidine rings is 1. The summed E-state index contributed by atoms with van der Waals surface area (Å²) in [6.07, 6.45) is 1.85. The van der Waals surface area contributed by atoms with E-state index in [4.69, 9.17) is 10.2 Å². The molecule has 0 radical (unpaired) electrons. The van der Waals surface area contributed by atoms with Crippen molar-refractivity contribution in [2.75, 3.05) is 13.1 Å². The van der Waals surface area contributed by atoms with Crippen LogP contribution < -0.4 is 11.4 Å². The van der Waals surface area contributed by atoms with E-state index < -0.39 is 7.12 Å². The number of furan rings is 1. The minimum Gasteiger partial charge on any atom is -0.465 e. The predicted molar refractivity (Wildman–Crippen MR) is 108 cm³/mol. The van der Waals surface area contributed by atoms with E-state index in [0.29, 0.717) is 42.1 Å². The summed E-state index contributed by atoms with van der Waals surface area (Å²) in [6.45, 7) is 1.96. The fourth-order valence-electron chi connectivity index (χ4n) is 3.90. The van der Waals surface area contributed by atoms with Crippen molar-refractivity contribution in [3.63, 3.8) is 0 Å². The topological polar surface area (TPSA) is 99.9 Å². The molecule has 0 bridgehead atoms. The fraction of sp³-hybridized carbons (Fsp3) is 0.286. The van der Waals surface area contributed by atoms with Crippen molar-refractivity contribution in [2.45, 2.75) is 25.3 Å². The number of amides is 1. The quantitative estimate of drug-likeness (QED) is 0.599. The number of hydrogen-bond donors (Lipinski definition) is 3. The number of rotatable bonds is 4. The molecular weight excluding hydrogens is 355 g/mol. The maximum atomic E-state index is 12.9. The van der Waals surface area contributed by atoms with Crippen molar-refractivity contribution in [3.8, 4) is 0 Å². The van der Waals surface area contributed by atoms with Crippen molar-refractivity contribution in [3.05, 3.63) is 65.2 Å². The van der Waals surface area contributed by atoms with E-state index in [2.05, 4.69) is 12.1 Å². The second kappa shape index (κ2) is 7.79. The molecule has 1 aromatic heterocycles. The Labute approximate surface area is 163 Å². The molecule has 4 rings (SSSR count). The third kappa shape index (κ3) is 3.69. The van der Waals surface area contributed by atoms with Gasteiger partial charge in [-0.25, -0.2) is 0 Å². The monoisotopic (exact) mass is 378 g/mol.